The molecule has 0 aliphatic rings. The van der Waals surface area contributed by atoms with Crippen LogP contribution in [0.2, 0.25) is 0 Å². The second kappa shape index (κ2) is 7.70. The molecular weight excluding hydrogens is 344 g/mol. The van der Waals surface area contributed by atoms with Gasteiger partial charge in [-0.3, -0.25) is 9.69 Å². The van der Waals surface area contributed by atoms with Crippen molar-refractivity contribution >= 4 is 46.9 Å². The van der Waals surface area contributed by atoms with Gasteiger partial charge >= 0.3 is 12.1 Å². The van der Waals surface area contributed by atoms with Crippen LogP contribution in [-0.4, -0.2) is 43.7 Å². The first kappa shape index (κ1) is 17.8. The van der Waals surface area contributed by atoms with E-state index in [-0.39, 0.29) is 6.61 Å². The zero-order valence-electron chi connectivity index (χ0n) is 10.6. The fourth-order valence-electron chi connectivity index (χ4n) is 1.38. The lowest BCUT2D eigenvalue weighted by Gasteiger charge is -2.29. The molecule has 2 N–H and O–H groups in total. The van der Waals surface area contributed by atoms with E-state index in [0.29, 0.717) is 10.5 Å². The summed E-state index contributed by atoms with van der Waals surface area (Å²) in [6.07, 6.45) is -3.07. The van der Waals surface area contributed by atoms with Gasteiger partial charge in [-0.2, -0.15) is 0 Å². The molecule has 1 aromatic rings. The van der Waals surface area contributed by atoms with Crippen molar-refractivity contribution in [2.75, 3.05) is 6.54 Å². The molecule has 0 aliphatic carbocycles. The molecule has 0 aromatic heterocycles. The predicted molar refractivity (Wildman–Crippen MR) is 77.3 cm³/mol. The molecule has 0 saturated heterocycles. The number of hydrogen-bond donors (Lipinski definition) is 2. The molecule has 116 valence electrons. The molecule has 0 bridgehead atoms. The number of aliphatic hydroxyl groups is 1. The lowest BCUT2D eigenvalue weighted by molar-refractivity contribution is -0.140. The molecule has 21 heavy (non-hydrogen) atoms. The Kier molecular flexibility index (Phi) is 6.54. The molecule has 1 aromatic carbocycles. The molecule has 0 fully saturated rings. The van der Waals surface area contributed by atoms with Gasteiger partial charge in [-0.1, -0.05) is 65.1 Å². The van der Waals surface area contributed by atoms with Crippen molar-refractivity contribution in [2.45, 2.75) is 16.6 Å². The van der Waals surface area contributed by atoms with E-state index in [1.807, 2.05) is 0 Å². The topological polar surface area (TPSA) is 87.1 Å². The molecule has 1 unspecified atom stereocenters. The Bertz CT molecular complexity index is 491. The average Bonchev–Trinajstić information content (AvgIpc) is 2.41. The van der Waals surface area contributed by atoms with Gasteiger partial charge in [-0.15, -0.1) is 0 Å². The Hall–Kier alpha value is -1.21. The summed E-state index contributed by atoms with van der Waals surface area (Å²) in [6, 6.07) is 8.69. The van der Waals surface area contributed by atoms with Gasteiger partial charge in [0.1, 0.15) is 13.2 Å². The number of carbonyl (C=O) groups excluding carboxylic acids is 1. The Morgan fingerprint density at radius 3 is 2.29 bits per heavy atom. The van der Waals surface area contributed by atoms with Crippen molar-refractivity contribution < 1.29 is 24.5 Å². The maximum absolute atomic E-state index is 11.8. The number of aliphatic carboxylic acids is 1. The minimum atomic E-state index is -2.26. The third-order valence-electron chi connectivity index (χ3n) is 2.33. The number of amides is 1. The summed E-state index contributed by atoms with van der Waals surface area (Å²) >= 11 is 16.4. The van der Waals surface area contributed by atoms with Gasteiger partial charge in [-0.25, -0.2) is 4.79 Å². The third kappa shape index (κ3) is 5.97. The summed E-state index contributed by atoms with van der Waals surface area (Å²) in [5.41, 5.74) is 0.685. The van der Waals surface area contributed by atoms with Crippen LogP contribution >= 0.6 is 34.8 Å². The van der Waals surface area contributed by atoms with Crippen LogP contribution in [0, 0.1) is 0 Å². The van der Waals surface area contributed by atoms with Crippen LogP contribution in [0.3, 0.4) is 0 Å². The lowest BCUT2D eigenvalue weighted by atomic mass is 10.2. The van der Waals surface area contributed by atoms with Gasteiger partial charge in [0.05, 0.1) is 0 Å². The Labute approximate surface area is 135 Å². The van der Waals surface area contributed by atoms with E-state index < -0.39 is 28.6 Å². The van der Waals surface area contributed by atoms with Crippen LogP contribution in [0.5, 0.6) is 0 Å². The highest BCUT2D eigenvalue weighted by molar-refractivity contribution is 6.68. The molecule has 1 rings (SSSR count). The van der Waals surface area contributed by atoms with E-state index >= 15 is 0 Å². The van der Waals surface area contributed by atoms with Gasteiger partial charge < -0.3 is 14.9 Å². The van der Waals surface area contributed by atoms with E-state index in [4.69, 9.17) is 44.6 Å². The van der Waals surface area contributed by atoms with Gasteiger partial charge in [-0.05, 0) is 5.56 Å². The number of aliphatic hydroxyl groups excluding tert-OH is 1. The van der Waals surface area contributed by atoms with Crippen molar-refractivity contribution in [1.29, 1.82) is 0 Å². The van der Waals surface area contributed by atoms with Crippen LogP contribution in [0.1, 0.15) is 5.56 Å². The number of carbonyl (C=O) groups is 2. The maximum Gasteiger partial charge on any atom is 0.412 e. The van der Waals surface area contributed by atoms with E-state index in [2.05, 4.69) is 0 Å². The summed E-state index contributed by atoms with van der Waals surface area (Å²) in [6.45, 7) is -0.981. The summed E-state index contributed by atoms with van der Waals surface area (Å²) < 4.78 is 2.63. The minimum absolute atomic E-state index is 0.109. The number of rotatable bonds is 5. The molecular formula is C12H12Cl3NO5. The van der Waals surface area contributed by atoms with Gasteiger partial charge in [0.2, 0.25) is 3.79 Å². The summed E-state index contributed by atoms with van der Waals surface area (Å²) in [4.78, 5) is 23.0. The molecule has 9 heteroatoms. The summed E-state index contributed by atoms with van der Waals surface area (Å²) in [5, 5.41) is 18.5. The fraction of sp³-hybridized carbons (Fsp3) is 0.333. The highest BCUT2D eigenvalue weighted by Crippen LogP contribution is 2.32. The number of benzene rings is 1. The van der Waals surface area contributed by atoms with Crippen LogP contribution in [0.25, 0.3) is 0 Å². The quantitative estimate of drug-likeness (QED) is 0.625. The zero-order chi connectivity index (χ0) is 16.0. The molecule has 6 nitrogen and oxygen atoms in total. The van der Waals surface area contributed by atoms with Crippen LogP contribution in [0.15, 0.2) is 30.3 Å². The molecule has 0 saturated carbocycles. The number of nitrogens with zero attached hydrogens (tertiary/aromatic N) is 1. The van der Waals surface area contributed by atoms with E-state index in [9.17, 15) is 14.7 Å². The van der Waals surface area contributed by atoms with E-state index in [1.54, 1.807) is 30.3 Å². The van der Waals surface area contributed by atoms with Crippen molar-refractivity contribution in [2.24, 2.45) is 0 Å². The maximum atomic E-state index is 11.8. The average molecular weight is 357 g/mol. The van der Waals surface area contributed by atoms with Crippen LogP contribution in [-0.2, 0) is 16.1 Å². The number of halogens is 3. The molecule has 0 radical (unpaired) electrons. The highest BCUT2D eigenvalue weighted by atomic mass is 35.6. The van der Waals surface area contributed by atoms with Crippen molar-refractivity contribution in [3.8, 4) is 0 Å². The minimum Gasteiger partial charge on any atom is -0.480 e. The Morgan fingerprint density at radius 1 is 1.24 bits per heavy atom. The van der Waals surface area contributed by atoms with Crippen molar-refractivity contribution in [3.05, 3.63) is 35.9 Å². The molecule has 0 spiro atoms. The fourth-order valence-corrected chi connectivity index (χ4v) is 1.73. The number of carboxylic acids is 1. The van der Waals surface area contributed by atoms with Gasteiger partial charge in [0.15, 0.2) is 6.23 Å². The Balaban J connectivity index is 2.74. The van der Waals surface area contributed by atoms with Gasteiger partial charge in [0.25, 0.3) is 0 Å². The zero-order valence-corrected chi connectivity index (χ0v) is 12.8. The number of alkyl halides is 3. The summed E-state index contributed by atoms with van der Waals surface area (Å²) in [5.74, 6) is -1.39. The summed E-state index contributed by atoms with van der Waals surface area (Å²) in [7, 11) is 0. The number of carboxylic acid groups (broad SMARTS) is 1. The van der Waals surface area contributed by atoms with E-state index in [1.165, 1.54) is 0 Å². The van der Waals surface area contributed by atoms with Crippen molar-refractivity contribution in [3.63, 3.8) is 0 Å². The first-order valence-corrected chi connectivity index (χ1v) is 6.79. The van der Waals surface area contributed by atoms with Gasteiger partial charge in [0, 0.05) is 0 Å². The number of hydrogen-bond acceptors (Lipinski definition) is 4. The van der Waals surface area contributed by atoms with Crippen LogP contribution < -0.4 is 0 Å². The molecule has 1 atom stereocenters. The molecule has 0 aliphatic heterocycles. The lowest BCUT2D eigenvalue weighted by Crippen LogP contribution is -2.49. The number of ether oxygens (including phenoxy) is 1. The third-order valence-corrected chi connectivity index (χ3v) is 2.92. The smallest absolute Gasteiger partial charge is 0.412 e. The molecule has 1 amide bonds. The first-order chi connectivity index (χ1) is 9.71. The van der Waals surface area contributed by atoms with Crippen LogP contribution in [0.4, 0.5) is 4.79 Å². The largest absolute Gasteiger partial charge is 0.480 e. The second-order valence-electron chi connectivity index (χ2n) is 3.98. The monoisotopic (exact) mass is 355 g/mol. The normalized spacial score (nSPS) is 12.6. The first-order valence-electron chi connectivity index (χ1n) is 5.65. The van der Waals surface area contributed by atoms with Crippen molar-refractivity contribution in [1.82, 2.24) is 4.90 Å². The van der Waals surface area contributed by atoms with E-state index in [0.717, 1.165) is 0 Å². The highest BCUT2D eigenvalue weighted by Gasteiger charge is 2.40. The standard InChI is InChI=1S/C12H12Cl3NO5/c13-12(14,15)10(19)16(6-9(17)18)11(20)21-7-8-4-2-1-3-5-8/h1-5,10,19H,6-7H2,(H,17,18). The Morgan fingerprint density at radius 2 is 1.81 bits per heavy atom. The molecule has 0 heterocycles. The SMILES string of the molecule is O=C(O)CN(C(=O)OCc1ccccc1)C(O)C(Cl)(Cl)Cl. The second-order valence-corrected chi connectivity index (χ2v) is 6.35. The predicted octanol–water partition coefficient (Wildman–Crippen LogP) is 2.40.